The Bertz CT molecular complexity index is 882. The van der Waals surface area contributed by atoms with E-state index < -0.39 is 12.1 Å². The van der Waals surface area contributed by atoms with Crippen molar-refractivity contribution in [2.45, 2.75) is 25.7 Å². The monoisotopic (exact) mass is 413 g/mol. The number of fused-ring (bicyclic) bond motifs is 1. The van der Waals surface area contributed by atoms with Gasteiger partial charge in [-0.15, -0.1) is 11.3 Å². The maximum absolute atomic E-state index is 12.3. The molecule has 9 heteroatoms. The Morgan fingerprint density at radius 3 is 3.04 bits per heavy atom. The zero-order valence-corrected chi connectivity index (χ0v) is 15.7. The Balaban J connectivity index is 1.39. The van der Waals surface area contributed by atoms with Crippen LogP contribution in [0.3, 0.4) is 0 Å². The van der Waals surface area contributed by atoms with Gasteiger partial charge in [-0.05, 0) is 24.3 Å². The van der Waals surface area contributed by atoms with Crippen LogP contribution in [0.4, 0.5) is 0 Å². The molecule has 3 heterocycles. The van der Waals surface area contributed by atoms with Crippen molar-refractivity contribution in [1.29, 1.82) is 0 Å². The van der Waals surface area contributed by atoms with Crippen LogP contribution in [0.5, 0.6) is 5.75 Å². The third-order valence-corrected chi connectivity index (χ3v) is 5.41. The topological polar surface area (TPSA) is 66.4 Å². The molecule has 6 nitrogen and oxygen atoms in total. The standard InChI is InChI=1S/C17H13Cl2NO5S/c18-11-3-9-6-22-8-24-16(9)10(4-11)7-23-17(21)13-5-12(20-25-13)14-1-2-15(19)26-14/h1-4,13H,5-8H2. The maximum Gasteiger partial charge on any atom is 0.350 e. The first-order chi connectivity index (χ1) is 12.6. The van der Waals surface area contributed by atoms with Crippen molar-refractivity contribution in [2.24, 2.45) is 5.16 Å². The summed E-state index contributed by atoms with van der Waals surface area (Å²) >= 11 is 13.4. The Morgan fingerprint density at radius 2 is 2.23 bits per heavy atom. The number of carbonyl (C=O) groups is 1. The fourth-order valence-electron chi connectivity index (χ4n) is 2.72. The van der Waals surface area contributed by atoms with Crippen molar-refractivity contribution >= 4 is 46.2 Å². The van der Waals surface area contributed by atoms with Gasteiger partial charge in [-0.3, -0.25) is 0 Å². The lowest BCUT2D eigenvalue weighted by Gasteiger charge is -2.21. The number of nitrogens with zero attached hydrogens (tertiary/aromatic N) is 1. The van der Waals surface area contributed by atoms with E-state index in [-0.39, 0.29) is 13.4 Å². The highest BCUT2D eigenvalue weighted by Crippen LogP contribution is 2.32. The average molecular weight is 414 g/mol. The minimum absolute atomic E-state index is 0.0295. The number of rotatable bonds is 4. The summed E-state index contributed by atoms with van der Waals surface area (Å²) in [5.41, 5.74) is 2.20. The Hall–Kier alpha value is -1.80. The van der Waals surface area contributed by atoms with Crippen LogP contribution in [-0.4, -0.2) is 24.6 Å². The molecule has 0 amide bonds. The van der Waals surface area contributed by atoms with Gasteiger partial charge in [0, 0.05) is 22.6 Å². The highest BCUT2D eigenvalue weighted by Gasteiger charge is 2.31. The SMILES string of the molecule is O=C(OCc1cc(Cl)cc2c1OCOC2)C1CC(c2ccc(Cl)s2)=NO1. The largest absolute Gasteiger partial charge is 0.467 e. The first kappa shape index (κ1) is 17.6. The van der Waals surface area contributed by atoms with E-state index in [9.17, 15) is 4.79 Å². The summed E-state index contributed by atoms with van der Waals surface area (Å²) in [6.07, 6.45) is -0.432. The van der Waals surface area contributed by atoms with Gasteiger partial charge in [0.05, 0.1) is 15.8 Å². The highest BCUT2D eigenvalue weighted by molar-refractivity contribution is 7.18. The van der Waals surface area contributed by atoms with Crippen LogP contribution in [0.15, 0.2) is 29.4 Å². The summed E-state index contributed by atoms with van der Waals surface area (Å²) in [6.45, 7) is 0.590. The smallest absolute Gasteiger partial charge is 0.350 e. The molecule has 1 unspecified atom stereocenters. The molecule has 136 valence electrons. The number of hydrogen-bond acceptors (Lipinski definition) is 7. The fraction of sp³-hybridized carbons (Fsp3) is 0.294. The van der Waals surface area contributed by atoms with Gasteiger partial charge in [-0.2, -0.15) is 0 Å². The predicted octanol–water partition coefficient (Wildman–Crippen LogP) is 4.16. The molecule has 0 N–H and O–H groups in total. The third kappa shape index (κ3) is 3.66. The van der Waals surface area contributed by atoms with E-state index in [2.05, 4.69) is 5.16 Å². The fourth-order valence-corrected chi connectivity index (χ4v) is 4.02. The van der Waals surface area contributed by atoms with Crippen LogP contribution in [0.2, 0.25) is 9.36 Å². The molecule has 0 bridgehead atoms. The normalized spacial score (nSPS) is 18.5. The number of hydrogen-bond donors (Lipinski definition) is 0. The lowest BCUT2D eigenvalue weighted by atomic mass is 10.1. The Morgan fingerprint density at radius 1 is 1.35 bits per heavy atom. The molecule has 0 spiro atoms. The van der Waals surface area contributed by atoms with E-state index in [0.29, 0.717) is 39.4 Å². The first-order valence-electron chi connectivity index (χ1n) is 7.77. The number of carbonyl (C=O) groups excluding carboxylic acids is 1. The zero-order valence-electron chi connectivity index (χ0n) is 13.4. The summed E-state index contributed by atoms with van der Waals surface area (Å²) < 4.78 is 16.8. The number of esters is 1. The van der Waals surface area contributed by atoms with E-state index in [4.69, 9.17) is 42.3 Å². The number of halogens is 2. The lowest BCUT2D eigenvalue weighted by molar-refractivity contribution is -0.156. The quantitative estimate of drug-likeness (QED) is 0.703. The molecule has 1 aromatic carbocycles. The Kier molecular flexibility index (Phi) is 5.04. The van der Waals surface area contributed by atoms with Crippen molar-refractivity contribution < 1.29 is 23.8 Å². The summed E-state index contributed by atoms with van der Waals surface area (Å²) in [4.78, 5) is 18.4. The third-order valence-electron chi connectivity index (χ3n) is 3.91. The van der Waals surface area contributed by atoms with E-state index in [0.717, 1.165) is 10.4 Å². The summed E-state index contributed by atoms with van der Waals surface area (Å²) in [5.74, 6) is 0.151. The maximum atomic E-state index is 12.3. The molecule has 0 fully saturated rings. The van der Waals surface area contributed by atoms with Gasteiger partial charge in [0.25, 0.3) is 0 Å². The van der Waals surface area contributed by atoms with Crippen molar-refractivity contribution in [2.75, 3.05) is 6.79 Å². The molecule has 26 heavy (non-hydrogen) atoms. The highest BCUT2D eigenvalue weighted by atomic mass is 35.5. The average Bonchev–Trinajstić information content (AvgIpc) is 3.28. The molecule has 2 aliphatic heterocycles. The number of thiophene rings is 1. The van der Waals surface area contributed by atoms with Crippen LogP contribution in [0, 0.1) is 0 Å². The molecular formula is C17H13Cl2NO5S. The van der Waals surface area contributed by atoms with E-state index in [1.54, 1.807) is 18.2 Å². The van der Waals surface area contributed by atoms with Gasteiger partial charge in [0.2, 0.25) is 6.10 Å². The summed E-state index contributed by atoms with van der Waals surface area (Å²) in [6, 6.07) is 7.11. The van der Waals surface area contributed by atoms with Crippen LogP contribution in [-0.2, 0) is 32.3 Å². The van der Waals surface area contributed by atoms with Crippen molar-refractivity contribution in [3.8, 4) is 5.75 Å². The summed E-state index contributed by atoms with van der Waals surface area (Å²) in [5, 5.41) is 4.50. The van der Waals surface area contributed by atoms with Gasteiger partial charge in [-0.1, -0.05) is 28.4 Å². The van der Waals surface area contributed by atoms with Crippen molar-refractivity contribution in [3.63, 3.8) is 0 Å². The molecule has 1 atom stereocenters. The minimum Gasteiger partial charge on any atom is -0.467 e. The molecular weight excluding hydrogens is 401 g/mol. The van der Waals surface area contributed by atoms with Gasteiger partial charge in [0.15, 0.2) is 6.79 Å². The predicted molar refractivity (Wildman–Crippen MR) is 96.9 cm³/mol. The molecule has 2 aliphatic rings. The molecule has 0 aliphatic carbocycles. The number of ether oxygens (including phenoxy) is 3. The molecule has 0 saturated carbocycles. The van der Waals surface area contributed by atoms with Crippen LogP contribution >= 0.6 is 34.5 Å². The zero-order chi connectivity index (χ0) is 18.1. The van der Waals surface area contributed by atoms with E-state index >= 15 is 0 Å². The van der Waals surface area contributed by atoms with Crippen molar-refractivity contribution in [3.05, 3.63) is 49.6 Å². The lowest BCUT2D eigenvalue weighted by Crippen LogP contribution is -2.23. The van der Waals surface area contributed by atoms with E-state index in [1.165, 1.54) is 11.3 Å². The molecule has 0 saturated heterocycles. The molecule has 4 rings (SSSR count). The Labute approximate surface area is 163 Å². The number of oxime groups is 1. The second-order valence-electron chi connectivity index (χ2n) is 5.71. The second kappa shape index (κ2) is 7.44. The van der Waals surface area contributed by atoms with Gasteiger partial charge in [0.1, 0.15) is 18.1 Å². The first-order valence-corrected chi connectivity index (χ1v) is 9.34. The van der Waals surface area contributed by atoms with Gasteiger partial charge in [-0.25, -0.2) is 4.79 Å². The van der Waals surface area contributed by atoms with Gasteiger partial charge >= 0.3 is 5.97 Å². The minimum atomic E-state index is -0.773. The number of benzene rings is 1. The van der Waals surface area contributed by atoms with Gasteiger partial charge < -0.3 is 19.0 Å². The van der Waals surface area contributed by atoms with Crippen LogP contribution in [0.1, 0.15) is 22.4 Å². The summed E-state index contributed by atoms with van der Waals surface area (Å²) in [7, 11) is 0. The molecule has 0 radical (unpaired) electrons. The van der Waals surface area contributed by atoms with E-state index in [1.807, 2.05) is 6.07 Å². The van der Waals surface area contributed by atoms with Crippen LogP contribution < -0.4 is 4.74 Å². The van der Waals surface area contributed by atoms with Crippen LogP contribution in [0.25, 0.3) is 0 Å². The second-order valence-corrected chi connectivity index (χ2v) is 7.86. The molecule has 2 aromatic rings. The molecule has 1 aromatic heterocycles. The van der Waals surface area contributed by atoms with Crippen molar-refractivity contribution in [1.82, 2.24) is 0 Å².